The van der Waals surface area contributed by atoms with Gasteiger partial charge in [-0.15, -0.1) is 0 Å². The summed E-state index contributed by atoms with van der Waals surface area (Å²) in [5, 5.41) is 2.86. The maximum Gasteiger partial charge on any atom is 0.241 e. The molecule has 0 saturated carbocycles. The molecule has 1 amide bonds. The number of rotatable bonds is 6. The van der Waals surface area contributed by atoms with Crippen molar-refractivity contribution >= 4 is 29.0 Å². The van der Waals surface area contributed by atoms with Crippen molar-refractivity contribution in [3.8, 4) is 0 Å². The van der Waals surface area contributed by atoms with Crippen LogP contribution in [0.15, 0.2) is 24.3 Å². The number of carbonyl (C=O) groups excluding carboxylic acids is 1. The van der Waals surface area contributed by atoms with Crippen molar-refractivity contribution in [1.82, 2.24) is 0 Å². The summed E-state index contributed by atoms with van der Waals surface area (Å²) < 4.78 is 5.34. The Balaban J connectivity index is 1.88. The zero-order valence-electron chi connectivity index (χ0n) is 12.4. The fourth-order valence-corrected chi connectivity index (χ4v) is 2.68. The summed E-state index contributed by atoms with van der Waals surface area (Å²) in [6, 6.07) is 7.44. The maximum atomic E-state index is 11.9. The third-order valence-electron chi connectivity index (χ3n) is 3.48. The molecule has 1 aliphatic heterocycles. The van der Waals surface area contributed by atoms with E-state index in [-0.39, 0.29) is 5.91 Å². The Morgan fingerprint density at radius 3 is 2.67 bits per heavy atom. The van der Waals surface area contributed by atoms with Gasteiger partial charge in [0.15, 0.2) is 0 Å². The molecule has 1 aliphatic rings. The molecule has 1 saturated heterocycles. The Kier molecular flexibility index (Phi) is 6.35. The Morgan fingerprint density at radius 2 is 2.05 bits per heavy atom. The van der Waals surface area contributed by atoms with Gasteiger partial charge in [-0.2, -0.15) is 11.8 Å². The van der Waals surface area contributed by atoms with Gasteiger partial charge in [0.05, 0.1) is 19.3 Å². The standard InChI is InChI=1S/C15H23N3O2S/c1-21-11-6-14(16)15(19)17-12-2-4-13(5-3-12)18-7-9-20-10-8-18/h2-5,14H,6-11,16H2,1H3,(H,17,19)/t14-/m0/s1. The number of hydrogen-bond donors (Lipinski definition) is 2. The number of benzene rings is 1. The summed E-state index contributed by atoms with van der Waals surface area (Å²) in [5.41, 5.74) is 7.79. The highest BCUT2D eigenvalue weighted by atomic mass is 32.2. The van der Waals surface area contributed by atoms with Crippen molar-refractivity contribution in [2.45, 2.75) is 12.5 Å². The molecule has 3 N–H and O–H groups in total. The molecular weight excluding hydrogens is 286 g/mol. The van der Waals surface area contributed by atoms with Gasteiger partial charge >= 0.3 is 0 Å². The number of morpholine rings is 1. The molecule has 6 heteroatoms. The lowest BCUT2D eigenvalue weighted by molar-refractivity contribution is -0.117. The SMILES string of the molecule is CSCC[C@H](N)C(=O)Nc1ccc(N2CCOCC2)cc1. The van der Waals surface area contributed by atoms with E-state index in [0.717, 1.165) is 43.4 Å². The minimum Gasteiger partial charge on any atom is -0.378 e. The molecule has 0 unspecified atom stereocenters. The second-order valence-electron chi connectivity index (χ2n) is 5.02. The van der Waals surface area contributed by atoms with Crippen LogP contribution in [0.2, 0.25) is 0 Å². The van der Waals surface area contributed by atoms with Gasteiger partial charge in [-0.3, -0.25) is 4.79 Å². The van der Waals surface area contributed by atoms with Crippen molar-refractivity contribution in [1.29, 1.82) is 0 Å². The summed E-state index contributed by atoms with van der Waals surface area (Å²) in [4.78, 5) is 14.2. The summed E-state index contributed by atoms with van der Waals surface area (Å²) in [6.07, 6.45) is 2.70. The molecule has 0 aromatic heterocycles. The van der Waals surface area contributed by atoms with Crippen LogP contribution in [0, 0.1) is 0 Å². The normalized spacial score (nSPS) is 16.6. The Hall–Kier alpha value is -1.24. The number of nitrogens with zero attached hydrogens (tertiary/aromatic N) is 1. The first-order valence-electron chi connectivity index (χ1n) is 7.19. The predicted octanol–water partition coefficient (Wildman–Crippen LogP) is 1.54. The lowest BCUT2D eigenvalue weighted by Crippen LogP contribution is -2.36. The van der Waals surface area contributed by atoms with Crippen LogP contribution in [0.5, 0.6) is 0 Å². The minimum absolute atomic E-state index is 0.122. The fourth-order valence-electron chi connectivity index (χ4n) is 2.19. The Labute approximate surface area is 130 Å². The third kappa shape index (κ3) is 4.91. The average molecular weight is 309 g/mol. The van der Waals surface area contributed by atoms with Gasteiger partial charge in [-0.25, -0.2) is 0 Å². The van der Waals surface area contributed by atoms with Gasteiger partial charge < -0.3 is 20.7 Å². The maximum absolute atomic E-state index is 11.9. The molecule has 0 bridgehead atoms. The second-order valence-corrected chi connectivity index (χ2v) is 6.01. The quantitative estimate of drug-likeness (QED) is 0.834. The third-order valence-corrected chi connectivity index (χ3v) is 4.12. The van der Waals surface area contributed by atoms with E-state index in [4.69, 9.17) is 10.5 Å². The van der Waals surface area contributed by atoms with Gasteiger partial charge in [0, 0.05) is 24.5 Å². The fraction of sp³-hybridized carbons (Fsp3) is 0.533. The van der Waals surface area contributed by atoms with Gasteiger partial charge in [0.1, 0.15) is 0 Å². The molecule has 21 heavy (non-hydrogen) atoms. The molecule has 0 radical (unpaired) electrons. The molecule has 1 heterocycles. The largest absolute Gasteiger partial charge is 0.378 e. The number of hydrogen-bond acceptors (Lipinski definition) is 5. The van der Waals surface area contributed by atoms with Crippen molar-refractivity contribution in [3.05, 3.63) is 24.3 Å². The Morgan fingerprint density at radius 1 is 1.38 bits per heavy atom. The van der Waals surface area contributed by atoms with Gasteiger partial charge in [0.2, 0.25) is 5.91 Å². The van der Waals surface area contributed by atoms with Gasteiger partial charge in [-0.05, 0) is 42.7 Å². The molecule has 1 aromatic carbocycles. The molecule has 5 nitrogen and oxygen atoms in total. The van der Waals surface area contributed by atoms with E-state index >= 15 is 0 Å². The molecule has 1 aromatic rings. The number of ether oxygens (including phenoxy) is 1. The second kappa shape index (κ2) is 8.26. The Bertz CT molecular complexity index is 447. The minimum atomic E-state index is -0.448. The topological polar surface area (TPSA) is 67.6 Å². The first-order valence-corrected chi connectivity index (χ1v) is 8.58. The van der Waals surface area contributed by atoms with Crippen LogP contribution in [0.4, 0.5) is 11.4 Å². The summed E-state index contributed by atoms with van der Waals surface area (Å²) in [5.74, 6) is 0.771. The molecular formula is C15H23N3O2S. The van der Waals surface area contributed by atoms with Crippen LogP contribution >= 0.6 is 11.8 Å². The number of carbonyl (C=O) groups is 1. The monoisotopic (exact) mass is 309 g/mol. The van der Waals surface area contributed by atoms with E-state index in [9.17, 15) is 4.79 Å². The summed E-state index contributed by atoms with van der Waals surface area (Å²) in [6.45, 7) is 3.35. The van der Waals surface area contributed by atoms with Crippen molar-refractivity contribution < 1.29 is 9.53 Å². The van der Waals surface area contributed by atoms with E-state index < -0.39 is 6.04 Å². The highest BCUT2D eigenvalue weighted by Crippen LogP contribution is 2.19. The number of anilines is 2. The molecule has 2 rings (SSSR count). The van der Waals surface area contributed by atoms with E-state index in [1.54, 1.807) is 11.8 Å². The highest BCUT2D eigenvalue weighted by Gasteiger charge is 2.14. The van der Waals surface area contributed by atoms with Crippen molar-refractivity contribution in [2.24, 2.45) is 5.73 Å². The molecule has 1 atom stereocenters. The smallest absolute Gasteiger partial charge is 0.241 e. The van der Waals surface area contributed by atoms with Crippen LogP contribution in [-0.4, -0.2) is 50.3 Å². The van der Waals surface area contributed by atoms with Gasteiger partial charge in [-0.1, -0.05) is 0 Å². The number of nitrogens with one attached hydrogen (secondary N) is 1. The van der Waals surface area contributed by atoms with E-state index in [0.29, 0.717) is 6.42 Å². The molecule has 0 aliphatic carbocycles. The lowest BCUT2D eigenvalue weighted by Gasteiger charge is -2.28. The molecule has 0 spiro atoms. The summed E-state index contributed by atoms with van der Waals surface area (Å²) >= 11 is 1.70. The van der Waals surface area contributed by atoms with E-state index in [2.05, 4.69) is 10.2 Å². The lowest BCUT2D eigenvalue weighted by atomic mass is 10.2. The zero-order chi connectivity index (χ0) is 15.1. The van der Waals surface area contributed by atoms with Crippen LogP contribution in [0.1, 0.15) is 6.42 Å². The van der Waals surface area contributed by atoms with Crippen molar-refractivity contribution in [3.63, 3.8) is 0 Å². The highest BCUT2D eigenvalue weighted by molar-refractivity contribution is 7.98. The van der Waals surface area contributed by atoms with Gasteiger partial charge in [0.25, 0.3) is 0 Å². The number of amides is 1. The average Bonchev–Trinajstić information content (AvgIpc) is 2.54. The molecule has 116 valence electrons. The summed E-state index contributed by atoms with van der Waals surface area (Å²) in [7, 11) is 0. The van der Waals surface area contributed by atoms with Crippen LogP contribution in [0.3, 0.4) is 0 Å². The van der Waals surface area contributed by atoms with Crippen LogP contribution in [-0.2, 0) is 9.53 Å². The number of thioether (sulfide) groups is 1. The van der Waals surface area contributed by atoms with E-state index in [1.165, 1.54) is 0 Å². The first-order chi connectivity index (χ1) is 10.2. The first kappa shape index (κ1) is 16.1. The number of nitrogens with two attached hydrogens (primary N) is 1. The van der Waals surface area contributed by atoms with Crippen LogP contribution in [0.25, 0.3) is 0 Å². The van der Waals surface area contributed by atoms with E-state index in [1.807, 2.05) is 30.5 Å². The van der Waals surface area contributed by atoms with Crippen LogP contribution < -0.4 is 16.0 Å². The zero-order valence-corrected chi connectivity index (χ0v) is 13.2. The predicted molar refractivity (Wildman–Crippen MR) is 89.1 cm³/mol. The van der Waals surface area contributed by atoms with Crippen molar-refractivity contribution in [2.75, 3.05) is 48.5 Å². The molecule has 1 fully saturated rings.